The number of carbonyl (C=O) groups excluding carboxylic acids is 1. The molecular weight excluding hydrogens is 136 g/mol. The van der Waals surface area contributed by atoms with Crippen LogP contribution in [0.5, 0.6) is 0 Å². The van der Waals surface area contributed by atoms with Crippen LogP contribution < -0.4 is 0 Å². The van der Waals surface area contributed by atoms with Crippen molar-refractivity contribution < 1.29 is 19.7 Å². The fraction of sp³-hybridized carbons (Fsp3) is 0.833. The number of carbonyl (C=O) groups is 1. The summed E-state index contributed by atoms with van der Waals surface area (Å²) in [5, 5.41) is 17.9. The summed E-state index contributed by atoms with van der Waals surface area (Å²) in [6.45, 7) is 1.48. The average Bonchev–Trinajstić information content (AvgIpc) is 2.10. The Kier molecular flexibility index (Phi) is 1.92. The highest BCUT2D eigenvalue weighted by Crippen LogP contribution is 2.17. The maximum Gasteiger partial charge on any atom is 0.309 e. The maximum atomic E-state index is 10.5. The van der Waals surface area contributed by atoms with Crippen molar-refractivity contribution in [1.82, 2.24) is 0 Å². The Morgan fingerprint density at radius 2 is 2.40 bits per heavy atom. The van der Waals surface area contributed by atoms with Gasteiger partial charge < -0.3 is 14.9 Å². The fourth-order valence-electron chi connectivity index (χ4n) is 0.985. The molecule has 0 bridgehead atoms. The van der Waals surface area contributed by atoms with E-state index in [4.69, 9.17) is 10.2 Å². The second-order valence-electron chi connectivity index (χ2n) is 2.47. The van der Waals surface area contributed by atoms with Crippen molar-refractivity contribution in [3.63, 3.8) is 0 Å². The summed E-state index contributed by atoms with van der Waals surface area (Å²) in [4.78, 5) is 10.5. The Bertz CT molecular complexity index is 143. The Morgan fingerprint density at radius 1 is 1.80 bits per heavy atom. The first-order valence-electron chi connectivity index (χ1n) is 3.17. The zero-order valence-electron chi connectivity index (χ0n) is 5.65. The monoisotopic (exact) mass is 146 g/mol. The van der Waals surface area contributed by atoms with Crippen LogP contribution in [0.15, 0.2) is 0 Å². The molecule has 1 saturated heterocycles. The van der Waals surface area contributed by atoms with Gasteiger partial charge in [-0.05, 0) is 6.92 Å². The zero-order chi connectivity index (χ0) is 7.72. The first-order chi connectivity index (χ1) is 4.61. The first kappa shape index (κ1) is 7.50. The molecule has 10 heavy (non-hydrogen) atoms. The summed E-state index contributed by atoms with van der Waals surface area (Å²) in [6, 6.07) is 0. The molecule has 4 heteroatoms. The first-order valence-corrected chi connectivity index (χ1v) is 3.17. The fourth-order valence-corrected chi connectivity index (χ4v) is 0.985. The Labute approximate surface area is 58.4 Å². The molecule has 1 rings (SSSR count). The zero-order valence-corrected chi connectivity index (χ0v) is 5.65. The lowest BCUT2D eigenvalue weighted by atomic mass is 10.1. The second kappa shape index (κ2) is 2.56. The quantitative estimate of drug-likeness (QED) is 0.468. The summed E-state index contributed by atoms with van der Waals surface area (Å²) in [7, 11) is 0. The van der Waals surface area contributed by atoms with Gasteiger partial charge >= 0.3 is 5.97 Å². The van der Waals surface area contributed by atoms with Crippen LogP contribution in [0, 0.1) is 0 Å². The molecule has 0 aromatic rings. The normalized spacial score (nSPS) is 35.7. The summed E-state index contributed by atoms with van der Waals surface area (Å²) in [5.41, 5.74) is 0. The molecule has 0 saturated carbocycles. The van der Waals surface area contributed by atoms with Crippen molar-refractivity contribution in [3.05, 3.63) is 0 Å². The Morgan fingerprint density at radius 3 is 2.60 bits per heavy atom. The molecule has 0 aliphatic carbocycles. The van der Waals surface area contributed by atoms with E-state index >= 15 is 0 Å². The SMILES string of the molecule is CC(O)C1OC(=O)CC1O. The third-order valence-corrected chi connectivity index (χ3v) is 1.50. The van der Waals surface area contributed by atoms with E-state index in [2.05, 4.69) is 4.74 Å². The average molecular weight is 146 g/mol. The van der Waals surface area contributed by atoms with Gasteiger partial charge in [0, 0.05) is 0 Å². The van der Waals surface area contributed by atoms with Crippen molar-refractivity contribution >= 4 is 5.97 Å². The number of aliphatic hydroxyl groups excluding tert-OH is 2. The minimum absolute atomic E-state index is 0.00440. The van der Waals surface area contributed by atoms with E-state index in [-0.39, 0.29) is 6.42 Å². The highest BCUT2D eigenvalue weighted by atomic mass is 16.6. The molecule has 3 atom stereocenters. The van der Waals surface area contributed by atoms with Gasteiger partial charge in [-0.2, -0.15) is 0 Å². The van der Waals surface area contributed by atoms with E-state index in [9.17, 15) is 4.79 Å². The third kappa shape index (κ3) is 1.27. The molecule has 3 unspecified atom stereocenters. The molecule has 1 aliphatic rings. The van der Waals surface area contributed by atoms with Crippen LogP contribution in [0.1, 0.15) is 13.3 Å². The van der Waals surface area contributed by atoms with Gasteiger partial charge in [0.25, 0.3) is 0 Å². The Balaban J connectivity index is 2.54. The smallest absolute Gasteiger partial charge is 0.309 e. The molecule has 4 nitrogen and oxygen atoms in total. The number of ether oxygens (including phenoxy) is 1. The van der Waals surface area contributed by atoms with Crippen LogP contribution in [0.4, 0.5) is 0 Å². The lowest BCUT2D eigenvalue weighted by Crippen LogP contribution is -2.31. The highest BCUT2D eigenvalue weighted by Gasteiger charge is 2.36. The van der Waals surface area contributed by atoms with E-state index in [0.29, 0.717) is 0 Å². The number of hydrogen-bond acceptors (Lipinski definition) is 4. The number of rotatable bonds is 1. The predicted molar refractivity (Wildman–Crippen MR) is 32.2 cm³/mol. The summed E-state index contributed by atoms with van der Waals surface area (Å²) < 4.78 is 4.60. The molecule has 0 amide bonds. The van der Waals surface area contributed by atoms with Gasteiger partial charge in [-0.25, -0.2) is 0 Å². The van der Waals surface area contributed by atoms with Crippen molar-refractivity contribution in [3.8, 4) is 0 Å². The maximum absolute atomic E-state index is 10.5. The summed E-state index contributed by atoms with van der Waals surface area (Å²) in [6.07, 6.45) is -2.36. The largest absolute Gasteiger partial charge is 0.457 e. The van der Waals surface area contributed by atoms with Gasteiger partial charge in [-0.15, -0.1) is 0 Å². The number of aliphatic hydroxyl groups is 2. The van der Waals surface area contributed by atoms with Gasteiger partial charge in [-0.1, -0.05) is 0 Å². The second-order valence-corrected chi connectivity index (χ2v) is 2.47. The van der Waals surface area contributed by atoms with Crippen molar-refractivity contribution in [2.24, 2.45) is 0 Å². The molecule has 0 radical (unpaired) electrons. The van der Waals surface area contributed by atoms with Crippen LogP contribution >= 0.6 is 0 Å². The number of hydrogen-bond donors (Lipinski definition) is 2. The van der Waals surface area contributed by atoms with E-state index in [1.54, 1.807) is 0 Å². The molecule has 1 heterocycles. The minimum atomic E-state index is -0.840. The van der Waals surface area contributed by atoms with Crippen molar-refractivity contribution in [2.75, 3.05) is 0 Å². The Hall–Kier alpha value is -0.610. The van der Waals surface area contributed by atoms with E-state index < -0.39 is 24.3 Å². The third-order valence-electron chi connectivity index (χ3n) is 1.50. The van der Waals surface area contributed by atoms with Gasteiger partial charge in [0.15, 0.2) is 6.10 Å². The molecule has 1 aliphatic heterocycles. The number of esters is 1. The molecule has 0 aromatic carbocycles. The van der Waals surface area contributed by atoms with Crippen molar-refractivity contribution in [1.29, 1.82) is 0 Å². The molecule has 0 spiro atoms. The molecule has 58 valence electrons. The lowest BCUT2D eigenvalue weighted by Gasteiger charge is -2.14. The summed E-state index contributed by atoms with van der Waals surface area (Å²) >= 11 is 0. The molecule has 1 fully saturated rings. The van der Waals surface area contributed by atoms with Gasteiger partial charge in [0.05, 0.1) is 12.5 Å². The minimum Gasteiger partial charge on any atom is -0.457 e. The lowest BCUT2D eigenvalue weighted by molar-refractivity contribution is -0.146. The highest BCUT2D eigenvalue weighted by molar-refractivity contribution is 5.72. The van der Waals surface area contributed by atoms with Gasteiger partial charge in [0.2, 0.25) is 0 Å². The van der Waals surface area contributed by atoms with E-state index in [0.717, 1.165) is 0 Å². The van der Waals surface area contributed by atoms with Crippen LogP contribution in [0.3, 0.4) is 0 Å². The van der Waals surface area contributed by atoms with E-state index in [1.807, 2.05) is 0 Å². The molecular formula is C6H10O4. The van der Waals surface area contributed by atoms with Gasteiger partial charge in [0.1, 0.15) is 6.10 Å². The van der Waals surface area contributed by atoms with Gasteiger partial charge in [-0.3, -0.25) is 4.79 Å². The standard InChI is InChI=1S/C6H10O4/c1-3(7)6-4(8)2-5(9)10-6/h3-4,6-8H,2H2,1H3. The van der Waals surface area contributed by atoms with Crippen molar-refractivity contribution in [2.45, 2.75) is 31.7 Å². The summed E-state index contributed by atoms with van der Waals surface area (Å²) in [5.74, 6) is -0.446. The van der Waals surface area contributed by atoms with Crippen LogP contribution in [-0.2, 0) is 9.53 Å². The topological polar surface area (TPSA) is 66.8 Å². The molecule has 0 aromatic heterocycles. The number of cyclic esters (lactones) is 1. The van der Waals surface area contributed by atoms with Crippen LogP contribution in [-0.4, -0.2) is 34.5 Å². The molecule has 2 N–H and O–H groups in total. The van der Waals surface area contributed by atoms with Crippen LogP contribution in [0.2, 0.25) is 0 Å². The predicted octanol–water partition coefficient (Wildman–Crippen LogP) is -0.956. The van der Waals surface area contributed by atoms with Crippen LogP contribution in [0.25, 0.3) is 0 Å². The van der Waals surface area contributed by atoms with E-state index in [1.165, 1.54) is 6.92 Å².